The summed E-state index contributed by atoms with van der Waals surface area (Å²) in [7, 11) is -0.889. The minimum Gasteiger partial charge on any atom is -0.379 e. The van der Waals surface area contributed by atoms with Gasteiger partial charge in [0, 0.05) is 42.0 Å². The average Bonchev–Trinajstić information content (AvgIpc) is 2.67. The van der Waals surface area contributed by atoms with Crippen LogP contribution in [0.15, 0.2) is 35.3 Å². The molecule has 2 N–H and O–H groups in total. The van der Waals surface area contributed by atoms with Crippen molar-refractivity contribution >= 4 is 40.7 Å². The smallest absolute Gasteiger partial charge is 0.191 e. The van der Waals surface area contributed by atoms with Crippen LogP contribution in [0, 0.1) is 0 Å². The molecule has 0 aliphatic carbocycles. The van der Waals surface area contributed by atoms with Gasteiger partial charge in [-0.2, -0.15) is 0 Å². The van der Waals surface area contributed by atoms with Crippen molar-refractivity contribution in [3.63, 3.8) is 0 Å². The van der Waals surface area contributed by atoms with E-state index in [1.165, 1.54) is 0 Å². The van der Waals surface area contributed by atoms with E-state index in [1.54, 1.807) is 0 Å². The topological polar surface area (TPSA) is 72.0 Å². The monoisotopic (exact) mass is 525 g/mol. The zero-order valence-electron chi connectivity index (χ0n) is 17.2. The number of unbranched alkanes of at least 4 members (excludes halogenated alkanes) is 1. The van der Waals surface area contributed by atoms with E-state index >= 15 is 0 Å². The third-order valence-electron chi connectivity index (χ3n) is 3.66. The van der Waals surface area contributed by atoms with Gasteiger partial charge in [0.2, 0.25) is 0 Å². The van der Waals surface area contributed by atoms with Crippen LogP contribution in [0.5, 0.6) is 0 Å². The van der Waals surface area contributed by atoms with Gasteiger partial charge in [-0.1, -0.05) is 43.7 Å². The van der Waals surface area contributed by atoms with Gasteiger partial charge in [-0.3, -0.25) is 9.20 Å². The lowest BCUT2D eigenvalue weighted by Crippen LogP contribution is -2.39. The van der Waals surface area contributed by atoms with Crippen LogP contribution in [0.1, 0.15) is 32.3 Å². The molecule has 6 nitrogen and oxygen atoms in total. The van der Waals surface area contributed by atoms with Gasteiger partial charge in [-0.05, 0) is 18.9 Å². The first kappa shape index (κ1) is 27.3. The van der Waals surface area contributed by atoms with Crippen molar-refractivity contribution in [3.05, 3.63) is 35.9 Å². The minimum atomic E-state index is -0.889. The highest BCUT2D eigenvalue weighted by Crippen LogP contribution is 2.02. The maximum atomic E-state index is 12.2. The highest BCUT2D eigenvalue weighted by molar-refractivity contribution is 14.0. The van der Waals surface area contributed by atoms with E-state index in [0.29, 0.717) is 44.4 Å². The first-order valence-electron chi connectivity index (χ1n) is 9.82. The van der Waals surface area contributed by atoms with Gasteiger partial charge in [0.1, 0.15) is 0 Å². The molecule has 0 heterocycles. The number of hydrogen-bond donors (Lipinski definition) is 2. The zero-order chi connectivity index (χ0) is 19.6. The van der Waals surface area contributed by atoms with Crippen LogP contribution in [0.2, 0.25) is 0 Å². The first-order valence-corrected chi connectivity index (χ1v) is 11.3. The van der Waals surface area contributed by atoms with E-state index in [1.807, 2.05) is 37.3 Å². The quantitative estimate of drug-likeness (QED) is 0.160. The van der Waals surface area contributed by atoms with E-state index in [0.717, 1.165) is 37.5 Å². The second-order valence-corrected chi connectivity index (χ2v) is 7.62. The van der Waals surface area contributed by atoms with Crippen molar-refractivity contribution in [2.75, 3.05) is 51.8 Å². The lowest BCUT2D eigenvalue weighted by Gasteiger charge is -2.11. The van der Waals surface area contributed by atoms with Crippen molar-refractivity contribution in [2.24, 2.45) is 4.99 Å². The largest absolute Gasteiger partial charge is 0.379 e. The Morgan fingerprint density at radius 3 is 2.43 bits per heavy atom. The Hall–Kier alpha value is -0.710. The molecular weight excluding hydrogens is 489 g/mol. The molecule has 0 saturated heterocycles. The molecule has 0 aliphatic rings. The molecule has 0 saturated carbocycles. The molecule has 162 valence electrons. The van der Waals surface area contributed by atoms with Crippen molar-refractivity contribution in [2.45, 2.75) is 32.4 Å². The summed E-state index contributed by atoms with van der Waals surface area (Å²) in [4.78, 5) is 4.47. The SMILES string of the molecule is CCCCOCCOCCN=C(NCC)NCCS(=O)Cc1ccccc1.I. The summed E-state index contributed by atoms with van der Waals surface area (Å²) >= 11 is 0. The predicted molar refractivity (Wildman–Crippen MR) is 129 cm³/mol. The van der Waals surface area contributed by atoms with Crippen LogP contribution in [0.25, 0.3) is 0 Å². The third-order valence-corrected chi connectivity index (χ3v) is 4.97. The summed E-state index contributed by atoms with van der Waals surface area (Å²) in [5.41, 5.74) is 1.10. The fraction of sp³-hybridized carbons (Fsp3) is 0.650. The van der Waals surface area contributed by atoms with Crippen LogP contribution < -0.4 is 10.6 Å². The molecule has 0 radical (unpaired) electrons. The van der Waals surface area contributed by atoms with Gasteiger partial charge < -0.3 is 20.1 Å². The number of benzene rings is 1. The first-order chi connectivity index (χ1) is 13.3. The standard InChI is InChI=1S/C20H35N3O3S.HI/c1-3-5-13-25-15-16-26-14-11-22-20(21-4-2)23-12-17-27(24)18-19-9-7-6-8-10-19;/h6-10H,3-5,11-18H2,1-2H3,(H2,21,22,23);1H. The maximum absolute atomic E-state index is 12.2. The Morgan fingerprint density at radius 2 is 1.75 bits per heavy atom. The molecule has 0 bridgehead atoms. The maximum Gasteiger partial charge on any atom is 0.191 e. The number of hydrogen-bond acceptors (Lipinski definition) is 4. The third kappa shape index (κ3) is 15.2. The van der Waals surface area contributed by atoms with E-state index in [4.69, 9.17) is 9.47 Å². The van der Waals surface area contributed by atoms with Crippen LogP contribution in [-0.2, 0) is 26.0 Å². The number of ether oxygens (including phenoxy) is 2. The Morgan fingerprint density at radius 1 is 1.04 bits per heavy atom. The van der Waals surface area contributed by atoms with Gasteiger partial charge in [0.25, 0.3) is 0 Å². The van der Waals surface area contributed by atoms with E-state index in [9.17, 15) is 4.21 Å². The van der Waals surface area contributed by atoms with Gasteiger partial charge in [-0.25, -0.2) is 0 Å². The van der Waals surface area contributed by atoms with Crippen molar-refractivity contribution in [1.82, 2.24) is 10.6 Å². The van der Waals surface area contributed by atoms with Gasteiger partial charge in [0.15, 0.2) is 5.96 Å². The molecule has 1 aromatic carbocycles. The Balaban J connectivity index is 0.00000729. The van der Waals surface area contributed by atoms with E-state index < -0.39 is 10.8 Å². The molecule has 8 heteroatoms. The summed E-state index contributed by atoms with van der Waals surface area (Å²) in [6, 6.07) is 9.92. The summed E-state index contributed by atoms with van der Waals surface area (Å²) < 4.78 is 23.1. The van der Waals surface area contributed by atoms with Gasteiger partial charge in [-0.15, -0.1) is 24.0 Å². The second-order valence-electron chi connectivity index (χ2n) is 6.04. The lowest BCUT2D eigenvalue weighted by molar-refractivity contribution is 0.0497. The molecule has 28 heavy (non-hydrogen) atoms. The normalized spacial score (nSPS) is 12.3. The molecule has 1 aromatic rings. The van der Waals surface area contributed by atoms with Crippen LogP contribution in [-0.4, -0.2) is 62.0 Å². The van der Waals surface area contributed by atoms with E-state index in [-0.39, 0.29) is 24.0 Å². The van der Waals surface area contributed by atoms with Crippen molar-refractivity contribution in [1.29, 1.82) is 0 Å². The molecule has 0 spiro atoms. The molecular formula is C20H36IN3O3S. The van der Waals surface area contributed by atoms with Crippen LogP contribution in [0.3, 0.4) is 0 Å². The molecule has 0 aromatic heterocycles. The highest BCUT2D eigenvalue weighted by Gasteiger charge is 2.03. The highest BCUT2D eigenvalue weighted by atomic mass is 127. The van der Waals surface area contributed by atoms with Crippen molar-refractivity contribution < 1.29 is 13.7 Å². The zero-order valence-corrected chi connectivity index (χ0v) is 20.3. The Bertz CT molecular complexity index is 533. The number of rotatable bonds is 15. The summed E-state index contributed by atoms with van der Waals surface area (Å²) in [5, 5.41) is 6.42. The summed E-state index contributed by atoms with van der Waals surface area (Å²) in [6.07, 6.45) is 2.24. The Labute approximate surface area is 189 Å². The molecule has 0 aliphatic heterocycles. The summed E-state index contributed by atoms with van der Waals surface area (Å²) in [5.74, 6) is 1.91. The minimum absolute atomic E-state index is 0. The fourth-order valence-electron chi connectivity index (χ4n) is 2.25. The number of nitrogens with zero attached hydrogens (tertiary/aromatic N) is 1. The molecule has 0 amide bonds. The van der Waals surface area contributed by atoms with Crippen molar-refractivity contribution in [3.8, 4) is 0 Å². The van der Waals surface area contributed by atoms with Crippen LogP contribution >= 0.6 is 24.0 Å². The molecule has 1 atom stereocenters. The molecule has 1 rings (SSSR count). The number of halogens is 1. The average molecular weight is 525 g/mol. The lowest BCUT2D eigenvalue weighted by atomic mass is 10.2. The molecule has 1 unspecified atom stereocenters. The molecule has 0 fully saturated rings. The number of nitrogens with one attached hydrogen (secondary N) is 2. The second kappa shape index (κ2) is 19.6. The number of aliphatic imine (C=N–C) groups is 1. The van der Waals surface area contributed by atoms with Crippen LogP contribution in [0.4, 0.5) is 0 Å². The van der Waals surface area contributed by atoms with Gasteiger partial charge >= 0.3 is 0 Å². The summed E-state index contributed by atoms with van der Waals surface area (Å²) in [6.45, 7) is 8.76. The Kier molecular flexibility index (Phi) is 19.1. The van der Waals surface area contributed by atoms with E-state index in [2.05, 4.69) is 22.5 Å². The van der Waals surface area contributed by atoms with Gasteiger partial charge in [0.05, 0.1) is 26.4 Å². The fourth-order valence-corrected chi connectivity index (χ4v) is 3.29. The predicted octanol–water partition coefficient (Wildman–Crippen LogP) is 2.94. The number of guanidine groups is 1.